The molecule has 0 spiro atoms. The minimum atomic E-state index is -1.39. The maximum Gasteiger partial charge on any atom is 0.166 e. The van der Waals surface area contributed by atoms with Crippen LogP contribution < -0.4 is 0 Å². The summed E-state index contributed by atoms with van der Waals surface area (Å²) in [4.78, 5) is -2.20. The Morgan fingerprint density at radius 3 is 1.61 bits per heavy atom. The first-order valence-corrected chi connectivity index (χ1v) is 8.00. The minimum Gasteiger partial charge on any atom is -0.370 e. The molecule has 2 saturated carbocycles. The van der Waals surface area contributed by atoms with Gasteiger partial charge in [0.15, 0.2) is 4.33 Å². The number of hydrogen-bond acceptors (Lipinski definition) is 1. The third kappa shape index (κ3) is 1.10. The zero-order valence-electron chi connectivity index (χ0n) is 8.90. The molecule has 0 amide bonds. The van der Waals surface area contributed by atoms with Crippen LogP contribution in [-0.2, 0) is 4.74 Å². The van der Waals surface area contributed by atoms with Crippen LogP contribution in [0.1, 0.15) is 12.8 Å². The van der Waals surface area contributed by atoms with Crippen LogP contribution >= 0.6 is 69.6 Å². The Hall–Kier alpha value is 1.44. The highest BCUT2D eigenvalue weighted by atomic mass is 35.5. The van der Waals surface area contributed by atoms with Gasteiger partial charge in [0, 0.05) is 0 Å². The van der Waals surface area contributed by atoms with Gasteiger partial charge in [-0.15, -0.1) is 23.2 Å². The van der Waals surface area contributed by atoms with E-state index in [1.807, 2.05) is 0 Å². The minimum absolute atomic E-state index is 0.00502. The smallest absolute Gasteiger partial charge is 0.166 e. The highest BCUT2D eigenvalue weighted by molar-refractivity contribution is 6.65. The van der Waals surface area contributed by atoms with Crippen LogP contribution in [0.25, 0.3) is 0 Å². The van der Waals surface area contributed by atoms with Crippen LogP contribution in [0.4, 0.5) is 0 Å². The molecular formula is C11H8Cl6O. The van der Waals surface area contributed by atoms with E-state index in [0.717, 1.165) is 12.8 Å². The van der Waals surface area contributed by atoms with Gasteiger partial charge in [-0.25, -0.2) is 0 Å². The van der Waals surface area contributed by atoms with E-state index < -0.39 is 14.1 Å². The van der Waals surface area contributed by atoms with E-state index in [9.17, 15) is 0 Å². The van der Waals surface area contributed by atoms with Gasteiger partial charge in [-0.05, 0) is 24.7 Å². The van der Waals surface area contributed by atoms with E-state index in [0.29, 0.717) is 10.1 Å². The van der Waals surface area contributed by atoms with Crippen LogP contribution in [0.5, 0.6) is 0 Å². The van der Waals surface area contributed by atoms with E-state index in [4.69, 9.17) is 74.3 Å². The lowest BCUT2D eigenvalue weighted by Crippen LogP contribution is -2.44. The number of fused-ring (bicyclic) bond motifs is 6. The molecule has 0 N–H and O–H groups in total. The van der Waals surface area contributed by atoms with Gasteiger partial charge >= 0.3 is 0 Å². The molecule has 1 heterocycles. The summed E-state index contributed by atoms with van der Waals surface area (Å²) in [6.45, 7) is 0. The van der Waals surface area contributed by atoms with Crippen LogP contribution in [0, 0.1) is 11.8 Å². The predicted octanol–water partition coefficient (Wildman–Crippen LogP) is 4.63. The first kappa shape index (κ1) is 13.1. The second-order valence-electron chi connectivity index (χ2n) is 5.52. The monoisotopic (exact) mass is 366 g/mol. The second-order valence-corrected chi connectivity index (χ2v) is 8.80. The van der Waals surface area contributed by atoms with Gasteiger partial charge in [-0.3, -0.25) is 0 Å². The summed E-state index contributed by atoms with van der Waals surface area (Å²) in [5, 5.41) is 0.595. The Bertz CT molecular complexity index is 450. The number of rotatable bonds is 0. The van der Waals surface area contributed by atoms with Crippen molar-refractivity contribution in [1.82, 2.24) is 0 Å². The Kier molecular flexibility index (Phi) is 2.50. The van der Waals surface area contributed by atoms with Crippen LogP contribution in [0.15, 0.2) is 10.1 Å². The number of epoxide rings is 1. The van der Waals surface area contributed by atoms with Crippen molar-refractivity contribution in [3.05, 3.63) is 10.1 Å². The highest BCUT2D eigenvalue weighted by Gasteiger charge is 2.83. The maximum atomic E-state index is 6.70. The van der Waals surface area contributed by atoms with Crippen molar-refractivity contribution in [3.63, 3.8) is 0 Å². The van der Waals surface area contributed by atoms with Gasteiger partial charge < -0.3 is 4.74 Å². The molecule has 3 fully saturated rings. The molecular weight excluding hydrogens is 361 g/mol. The lowest BCUT2D eigenvalue weighted by atomic mass is 9.73. The third-order valence-electron chi connectivity index (χ3n) is 4.91. The Morgan fingerprint density at radius 1 is 0.833 bits per heavy atom. The maximum absolute atomic E-state index is 6.70. The normalized spacial score (nSPS) is 59.7. The summed E-state index contributed by atoms with van der Waals surface area (Å²) >= 11 is 38.9. The van der Waals surface area contributed by atoms with E-state index in [-0.39, 0.29) is 24.0 Å². The zero-order valence-corrected chi connectivity index (χ0v) is 13.4. The molecule has 0 aromatic heterocycles. The van der Waals surface area contributed by atoms with E-state index in [1.165, 1.54) is 0 Å². The summed E-state index contributed by atoms with van der Waals surface area (Å²) in [5.41, 5.74) is 0. The van der Waals surface area contributed by atoms with Crippen LogP contribution in [-0.4, -0.2) is 26.3 Å². The van der Waals surface area contributed by atoms with E-state index >= 15 is 0 Å². The van der Waals surface area contributed by atoms with Crippen molar-refractivity contribution >= 4 is 69.6 Å². The van der Waals surface area contributed by atoms with Crippen molar-refractivity contribution in [2.75, 3.05) is 0 Å². The molecule has 1 saturated heterocycles. The van der Waals surface area contributed by atoms with Gasteiger partial charge in [-0.2, -0.15) is 0 Å². The third-order valence-corrected chi connectivity index (χ3v) is 9.26. The second kappa shape index (κ2) is 3.43. The summed E-state index contributed by atoms with van der Waals surface area (Å²) < 4.78 is 4.17. The van der Waals surface area contributed by atoms with Crippen LogP contribution in [0.2, 0.25) is 0 Å². The van der Waals surface area contributed by atoms with E-state index in [1.54, 1.807) is 0 Å². The van der Waals surface area contributed by atoms with Crippen molar-refractivity contribution in [2.24, 2.45) is 11.8 Å². The summed E-state index contributed by atoms with van der Waals surface area (Å²) in [7, 11) is 0. The molecule has 1 aliphatic heterocycles. The molecule has 0 aromatic rings. The number of ether oxygens (including phenoxy) is 1. The molecule has 7 heteroatoms. The average Bonchev–Trinajstić information content (AvgIpc) is 3.05. The molecule has 0 radical (unpaired) electrons. The summed E-state index contributed by atoms with van der Waals surface area (Å²) in [6.07, 6.45) is 2.06. The Labute approximate surface area is 135 Å². The largest absolute Gasteiger partial charge is 0.370 e. The van der Waals surface area contributed by atoms with Gasteiger partial charge in [-0.1, -0.05) is 46.4 Å². The molecule has 0 aromatic carbocycles. The predicted molar refractivity (Wildman–Crippen MR) is 75.2 cm³/mol. The number of hydrogen-bond donors (Lipinski definition) is 0. The molecule has 4 rings (SSSR count). The SMILES string of the molecule is ClC1=C(Cl)[C@]2(Cl)[C@H]3C[C@H]4O[C@H]4C[C@H]3[C@@]1(Cl)C2(Cl)Cl. The van der Waals surface area contributed by atoms with Crippen molar-refractivity contribution in [1.29, 1.82) is 0 Å². The summed E-state index contributed by atoms with van der Waals surface area (Å²) in [6, 6.07) is 0. The van der Waals surface area contributed by atoms with Crippen molar-refractivity contribution in [3.8, 4) is 0 Å². The highest BCUT2D eigenvalue weighted by Crippen LogP contribution is 2.79. The Balaban J connectivity index is 1.94. The van der Waals surface area contributed by atoms with E-state index in [2.05, 4.69) is 0 Å². The van der Waals surface area contributed by atoms with Gasteiger partial charge in [0.05, 0.1) is 22.3 Å². The van der Waals surface area contributed by atoms with Gasteiger partial charge in [0.25, 0.3) is 0 Å². The molecule has 0 unspecified atom stereocenters. The molecule has 1 nitrogen and oxygen atoms in total. The molecule has 4 aliphatic rings. The molecule has 6 atom stereocenters. The quantitative estimate of drug-likeness (QED) is 0.448. The lowest BCUT2D eigenvalue weighted by Gasteiger charge is -2.38. The lowest BCUT2D eigenvalue weighted by molar-refractivity contribution is 0.261. The zero-order chi connectivity index (χ0) is 13.1. The van der Waals surface area contributed by atoms with Gasteiger partial charge in [0.2, 0.25) is 0 Å². The summed E-state index contributed by atoms with van der Waals surface area (Å²) in [5.74, 6) is 0.0100. The number of halogens is 6. The molecule has 100 valence electrons. The Morgan fingerprint density at radius 2 is 1.22 bits per heavy atom. The van der Waals surface area contributed by atoms with Crippen molar-refractivity contribution < 1.29 is 4.74 Å². The first-order chi connectivity index (χ1) is 8.26. The van der Waals surface area contributed by atoms with Crippen LogP contribution in [0.3, 0.4) is 0 Å². The molecule has 3 aliphatic carbocycles. The standard InChI is InChI=1S/C11H8Cl6O/c12-7-8(13)10(15)4-2-6-5(18-6)1-3(4)9(7,14)11(10,16)17/h3-6H,1-2H2/t3-,4+,5+,6-,9+,10-. The molecule has 18 heavy (non-hydrogen) atoms. The number of alkyl halides is 4. The fraction of sp³-hybridized carbons (Fsp3) is 0.818. The van der Waals surface area contributed by atoms with Crippen molar-refractivity contribution in [2.45, 2.75) is 39.1 Å². The topological polar surface area (TPSA) is 12.5 Å². The molecule has 2 bridgehead atoms. The fourth-order valence-corrected chi connectivity index (χ4v) is 7.06. The average molecular weight is 369 g/mol. The number of allylic oxidation sites excluding steroid dienone is 2. The fourth-order valence-electron chi connectivity index (χ4n) is 3.95. The first-order valence-electron chi connectivity index (χ1n) is 5.73. The van der Waals surface area contributed by atoms with Gasteiger partial charge in [0.1, 0.15) is 9.75 Å².